The molecule has 2 heterocycles. The van der Waals surface area contributed by atoms with Gasteiger partial charge in [-0.15, -0.1) is 15.3 Å². The molecule has 2 aromatic heterocycles. The van der Waals surface area contributed by atoms with E-state index in [4.69, 9.17) is 0 Å². The highest BCUT2D eigenvalue weighted by molar-refractivity contribution is 5.92. The van der Waals surface area contributed by atoms with Crippen LogP contribution in [0.4, 0.5) is 0 Å². The largest absolute Gasteiger partial charge is 0.291 e. The third-order valence-electron chi connectivity index (χ3n) is 5.03. The third kappa shape index (κ3) is 4.74. The van der Waals surface area contributed by atoms with Crippen LogP contribution < -0.4 is 0 Å². The van der Waals surface area contributed by atoms with Crippen molar-refractivity contribution in [1.82, 2.24) is 35.4 Å². The molecule has 4 rings (SSSR count). The van der Waals surface area contributed by atoms with Crippen molar-refractivity contribution in [3.63, 3.8) is 0 Å². The molecule has 0 bridgehead atoms. The van der Waals surface area contributed by atoms with Gasteiger partial charge in [-0.25, -0.2) is 9.67 Å². The van der Waals surface area contributed by atoms with E-state index in [-0.39, 0.29) is 5.78 Å². The van der Waals surface area contributed by atoms with Crippen molar-refractivity contribution in [2.45, 2.75) is 46.1 Å². The maximum Gasteiger partial charge on any atom is 0.217 e. The molecule has 2 aromatic carbocycles. The monoisotopic (exact) mass is 415 g/mol. The van der Waals surface area contributed by atoms with Gasteiger partial charge < -0.3 is 0 Å². The van der Waals surface area contributed by atoms with Crippen LogP contribution in [0, 0.1) is 0 Å². The summed E-state index contributed by atoms with van der Waals surface area (Å²) in [5, 5.41) is 18.7. The molecule has 0 fully saturated rings. The predicted molar refractivity (Wildman–Crippen MR) is 117 cm³/mol. The van der Waals surface area contributed by atoms with Gasteiger partial charge in [-0.2, -0.15) is 5.21 Å². The molecule has 0 radical (unpaired) electrons. The summed E-state index contributed by atoms with van der Waals surface area (Å²) in [4.78, 5) is 16.7. The zero-order valence-corrected chi connectivity index (χ0v) is 17.7. The number of nitrogens with zero attached hydrogens (tertiary/aromatic N) is 6. The molecule has 0 spiro atoms. The molecule has 0 saturated heterocycles. The Bertz CT molecular complexity index is 1150. The molecule has 8 nitrogen and oxygen atoms in total. The summed E-state index contributed by atoms with van der Waals surface area (Å²) in [6.07, 6.45) is 3.03. The van der Waals surface area contributed by atoms with E-state index in [9.17, 15) is 4.79 Å². The second kappa shape index (κ2) is 9.42. The van der Waals surface area contributed by atoms with Crippen LogP contribution in [0.2, 0.25) is 0 Å². The third-order valence-corrected chi connectivity index (χ3v) is 5.03. The van der Waals surface area contributed by atoms with E-state index in [0.717, 1.165) is 47.3 Å². The lowest BCUT2D eigenvalue weighted by atomic mass is 10.0. The number of hydrogen-bond donors (Lipinski definition) is 1. The van der Waals surface area contributed by atoms with Crippen molar-refractivity contribution in [1.29, 1.82) is 0 Å². The van der Waals surface area contributed by atoms with E-state index >= 15 is 0 Å². The van der Waals surface area contributed by atoms with Crippen molar-refractivity contribution in [2.24, 2.45) is 0 Å². The van der Waals surface area contributed by atoms with Gasteiger partial charge in [-0.3, -0.25) is 4.79 Å². The summed E-state index contributed by atoms with van der Waals surface area (Å²) < 4.78 is 1.86. The van der Waals surface area contributed by atoms with Crippen LogP contribution in [0.25, 0.3) is 22.5 Å². The number of aromatic amines is 1. The van der Waals surface area contributed by atoms with E-state index < -0.39 is 0 Å². The first-order valence-corrected chi connectivity index (χ1v) is 10.6. The zero-order valence-electron chi connectivity index (χ0n) is 17.7. The van der Waals surface area contributed by atoms with Gasteiger partial charge in [0, 0.05) is 18.4 Å². The molecular formula is C23H25N7O. The van der Waals surface area contributed by atoms with Gasteiger partial charge in [-0.05, 0) is 40.8 Å². The topological polar surface area (TPSA) is 102 Å². The molecule has 0 aliphatic carbocycles. The van der Waals surface area contributed by atoms with E-state index in [2.05, 4.69) is 68.0 Å². The molecular weight excluding hydrogens is 390 g/mol. The number of carbonyl (C=O) groups excluding carboxylic acids is 1. The lowest BCUT2D eigenvalue weighted by molar-refractivity contribution is 0.0971. The summed E-state index contributed by atoms with van der Waals surface area (Å²) in [5.41, 5.74) is 4.19. The van der Waals surface area contributed by atoms with Crippen LogP contribution in [0.5, 0.6) is 0 Å². The van der Waals surface area contributed by atoms with Crippen LogP contribution in [0.3, 0.4) is 0 Å². The molecule has 8 heteroatoms. The minimum atomic E-state index is 0.00966. The van der Waals surface area contributed by atoms with Gasteiger partial charge in [0.15, 0.2) is 0 Å². The van der Waals surface area contributed by atoms with Gasteiger partial charge in [0.05, 0.1) is 6.54 Å². The van der Waals surface area contributed by atoms with Crippen LogP contribution in [-0.4, -0.2) is 41.2 Å². The number of hydrogen-bond acceptors (Lipinski definition) is 6. The lowest BCUT2D eigenvalue weighted by Gasteiger charge is -2.08. The fourth-order valence-electron chi connectivity index (χ4n) is 3.46. The van der Waals surface area contributed by atoms with Gasteiger partial charge in [0.1, 0.15) is 5.82 Å². The molecule has 0 atom stereocenters. The number of H-pyrrole nitrogens is 1. The Balaban J connectivity index is 1.54. The number of aromatic nitrogens is 7. The van der Waals surface area contributed by atoms with Crippen LogP contribution in [0.1, 0.15) is 55.1 Å². The van der Waals surface area contributed by atoms with E-state index in [1.165, 1.54) is 0 Å². The first-order chi connectivity index (χ1) is 15.2. The van der Waals surface area contributed by atoms with Crippen LogP contribution in [-0.2, 0) is 13.0 Å². The first-order valence-electron chi connectivity index (χ1n) is 10.6. The summed E-state index contributed by atoms with van der Waals surface area (Å²) >= 11 is 0. The number of carbonyl (C=O) groups is 1. The molecule has 0 aliphatic rings. The second-order valence-electron chi connectivity index (χ2n) is 7.45. The number of aryl methyl sites for hydroxylation is 1. The summed E-state index contributed by atoms with van der Waals surface area (Å²) in [6.45, 7) is 4.68. The van der Waals surface area contributed by atoms with Gasteiger partial charge in [0.25, 0.3) is 0 Å². The number of nitrogens with one attached hydrogen (secondary N) is 1. The minimum absolute atomic E-state index is 0.00966. The fraction of sp³-hybridized carbons (Fsp3) is 0.304. The van der Waals surface area contributed by atoms with Crippen molar-refractivity contribution in [3.05, 3.63) is 65.7 Å². The Hall–Kier alpha value is -3.68. The second-order valence-corrected chi connectivity index (χ2v) is 7.45. The Morgan fingerprint density at radius 2 is 1.81 bits per heavy atom. The first kappa shape index (κ1) is 20.6. The number of benzene rings is 2. The minimum Gasteiger partial charge on any atom is -0.291 e. The molecule has 158 valence electrons. The van der Waals surface area contributed by atoms with Crippen molar-refractivity contribution in [2.75, 3.05) is 0 Å². The van der Waals surface area contributed by atoms with Crippen molar-refractivity contribution in [3.8, 4) is 22.5 Å². The maximum atomic E-state index is 12.2. The highest BCUT2D eigenvalue weighted by atomic mass is 16.1. The summed E-state index contributed by atoms with van der Waals surface area (Å²) in [7, 11) is 0. The molecule has 0 aliphatic heterocycles. The van der Waals surface area contributed by atoms with Crippen LogP contribution in [0.15, 0.2) is 48.5 Å². The average molecular weight is 416 g/mol. The van der Waals surface area contributed by atoms with E-state index in [0.29, 0.717) is 24.6 Å². The lowest BCUT2D eigenvalue weighted by Crippen LogP contribution is -2.07. The molecule has 0 unspecified atom stereocenters. The smallest absolute Gasteiger partial charge is 0.217 e. The van der Waals surface area contributed by atoms with Gasteiger partial charge in [0.2, 0.25) is 17.4 Å². The van der Waals surface area contributed by atoms with Gasteiger partial charge >= 0.3 is 0 Å². The molecule has 0 amide bonds. The SMILES string of the molecule is CCCC(=O)c1nc(CCC)n(Cc2ccc(-c3cccc(-c4nn[nH]n4)c3)cc2)n1. The summed E-state index contributed by atoms with van der Waals surface area (Å²) in [6, 6.07) is 16.4. The Morgan fingerprint density at radius 3 is 2.52 bits per heavy atom. The number of ketones is 1. The van der Waals surface area contributed by atoms with E-state index in [1.54, 1.807) is 0 Å². The molecule has 4 aromatic rings. The van der Waals surface area contributed by atoms with E-state index in [1.807, 2.05) is 29.8 Å². The van der Waals surface area contributed by atoms with Crippen LogP contribution >= 0.6 is 0 Å². The average Bonchev–Trinajstić information content (AvgIpc) is 3.46. The predicted octanol–water partition coefficient (Wildman–Crippen LogP) is 4.11. The highest BCUT2D eigenvalue weighted by Crippen LogP contribution is 2.24. The normalized spacial score (nSPS) is 11.0. The van der Waals surface area contributed by atoms with Crippen molar-refractivity contribution >= 4 is 5.78 Å². The Morgan fingerprint density at radius 1 is 1.00 bits per heavy atom. The number of tetrazole rings is 1. The maximum absolute atomic E-state index is 12.2. The Labute approximate surface area is 180 Å². The Kier molecular flexibility index (Phi) is 6.26. The fourth-order valence-corrected chi connectivity index (χ4v) is 3.46. The molecule has 0 saturated carbocycles. The zero-order chi connectivity index (χ0) is 21.6. The number of rotatable bonds is 9. The van der Waals surface area contributed by atoms with Gasteiger partial charge in [-0.1, -0.05) is 56.3 Å². The number of Topliss-reactive ketones (excluding diaryl/α,β-unsaturated/α-hetero) is 1. The molecule has 1 N–H and O–H groups in total. The summed E-state index contributed by atoms with van der Waals surface area (Å²) in [5.74, 6) is 1.77. The highest BCUT2D eigenvalue weighted by Gasteiger charge is 2.15. The van der Waals surface area contributed by atoms with Crippen molar-refractivity contribution < 1.29 is 4.79 Å². The molecule has 31 heavy (non-hydrogen) atoms. The standard InChI is InChI=1S/C23H25N7O/c1-3-6-20(31)23-24-21(7-4-2)30(27-23)15-16-10-12-17(13-11-16)18-8-5-9-19(14-18)22-25-28-29-26-22/h5,8-14H,3-4,6-7,15H2,1-2H3,(H,25,26,28,29). The quantitative estimate of drug-likeness (QED) is 0.413.